The summed E-state index contributed by atoms with van der Waals surface area (Å²) in [5.41, 5.74) is 12.7. The van der Waals surface area contributed by atoms with E-state index in [1.54, 1.807) is 0 Å². The van der Waals surface area contributed by atoms with Gasteiger partial charge in [0, 0.05) is 53.2 Å². The van der Waals surface area contributed by atoms with Gasteiger partial charge in [0.25, 0.3) is 0 Å². The Morgan fingerprint density at radius 3 is 2.21 bits per heavy atom. The number of fused-ring (bicyclic) bond motifs is 12. The van der Waals surface area contributed by atoms with Crippen molar-refractivity contribution in [1.82, 2.24) is 0 Å². The number of aryl methyl sites for hydroxylation is 1. The first-order chi connectivity index (χ1) is 23.8. The molecular formula is C45H28O2S. The van der Waals surface area contributed by atoms with Crippen LogP contribution in [0.2, 0.25) is 0 Å². The van der Waals surface area contributed by atoms with Crippen LogP contribution in [0.4, 0.5) is 0 Å². The molecule has 0 saturated carbocycles. The fourth-order valence-corrected chi connectivity index (χ4v) is 9.42. The summed E-state index contributed by atoms with van der Waals surface area (Å²) in [6.45, 7) is 0. The minimum atomic E-state index is 0.274. The molecule has 226 valence electrons. The molecule has 3 aromatic heterocycles. The van der Waals surface area contributed by atoms with Crippen LogP contribution in [0.15, 0.2) is 148 Å². The average molecular weight is 633 g/mol. The highest BCUT2D eigenvalue weighted by Crippen LogP contribution is 2.46. The molecule has 0 bridgehead atoms. The van der Waals surface area contributed by atoms with Crippen molar-refractivity contribution in [2.75, 3.05) is 0 Å². The van der Waals surface area contributed by atoms with E-state index in [9.17, 15) is 0 Å². The zero-order chi connectivity index (χ0) is 31.3. The maximum atomic E-state index is 6.78. The molecule has 3 heterocycles. The molecular weight excluding hydrogens is 605 g/mol. The third kappa shape index (κ3) is 3.79. The van der Waals surface area contributed by atoms with E-state index in [4.69, 9.17) is 8.83 Å². The van der Waals surface area contributed by atoms with Crippen molar-refractivity contribution < 1.29 is 8.83 Å². The van der Waals surface area contributed by atoms with Gasteiger partial charge in [-0.2, -0.15) is 0 Å². The molecule has 0 saturated heterocycles. The molecule has 1 aliphatic rings. The van der Waals surface area contributed by atoms with Crippen LogP contribution in [-0.4, -0.2) is 0 Å². The van der Waals surface area contributed by atoms with Crippen molar-refractivity contribution >= 4 is 75.4 Å². The van der Waals surface area contributed by atoms with Crippen LogP contribution in [0.5, 0.6) is 0 Å². The maximum absolute atomic E-state index is 6.78. The lowest BCUT2D eigenvalue weighted by Crippen LogP contribution is -2.02. The first-order valence-electron chi connectivity index (χ1n) is 16.7. The first-order valence-corrected chi connectivity index (χ1v) is 17.5. The van der Waals surface area contributed by atoms with E-state index in [-0.39, 0.29) is 5.92 Å². The fourth-order valence-electron chi connectivity index (χ4n) is 8.27. The Labute approximate surface area is 280 Å². The van der Waals surface area contributed by atoms with E-state index in [0.717, 1.165) is 67.8 Å². The van der Waals surface area contributed by atoms with Crippen LogP contribution in [0.25, 0.3) is 86.3 Å². The Bertz CT molecular complexity index is 2920. The topological polar surface area (TPSA) is 26.3 Å². The highest BCUT2D eigenvalue weighted by molar-refractivity contribution is 7.25. The minimum Gasteiger partial charge on any atom is -0.456 e. The standard InChI is InChI=1S/C45H28O2S/c1-2-9-32-31(8-1)29(19-16-28-24-44-39(25-38(28)32)36-11-4-6-15-43(36)48-44)26-17-21-35-37-13-7-12-30(45(37)47-42(35)22-26)27-18-20-34-33-10-3-5-14-40(33)46-41(34)23-27/h1-15,17-18,20-25,29H,16,19H2/t29-/m0/s1. The predicted octanol–water partition coefficient (Wildman–Crippen LogP) is 13.3. The summed E-state index contributed by atoms with van der Waals surface area (Å²) in [7, 11) is 0. The number of benzene rings is 7. The van der Waals surface area contributed by atoms with Crippen molar-refractivity contribution in [2.45, 2.75) is 18.8 Å². The Kier molecular flexibility index (Phi) is 5.47. The summed E-state index contributed by atoms with van der Waals surface area (Å²) >= 11 is 1.91. The van der Waals surface area contributed by atoms with Crippen LogP contribution in [0.1, 0.15) is 29.0 Å². The van der Waals surface area contributed by atoms with Crippen molar-refractivity contribution in [3.63, 3.8) is 0 Å². The second kappa shape index (κ2) is 9.93. The highest BCUT2D eigenvalue weighted by Gasteiger charge is 2.25. The number of hydrogen-bond acceptors (Lipinski definition) is 3. The highest BCUT2D eigenvalue weighted by atomic mass is 32.1. The van der Waals surface area contributed by atoms with Crippen molar-refractivity contribution in [3.05, 3.63) is 156 Å². The molecule has 11 rings (SSSR count). The van der Waals surface area contributed by atoms with Gasteiger partial charge in [0.2, 0.25) is 0 Å². The van der Waals surface area contributed by atoms with Crippen LogP contribution in [0.3, 0.4) is 0 Å². The van der Waals surface area contributed by atoms with E-state index < -0.39 is 0 Å². The number of hydrogen-bond donors (Lipinski definition) is 0. The second-order valence-electron chi connectivity index (χ2n) is 13.1. The Hall–Kier alpha value is -5.64. The Morgan fingerprint density at radius 2 is 1.23 bits per heavy atom. The molecule has 0 radical (unpaired) electrons. The zero-order valence-electron chi connectivity index (χ0n) is 26.0. The molecule has 2 nitrogen and oxygen atoms in total. The molecule has 0 N–H and O–H groups in total. The molecule has 0 fully saturated rings. The number of para-hydroxylation sites is 2. The third-order valence-corrected chi connectivity index (χ3v) is 11.7. The molecule has 0 aliphatic heterocycles. The molecule has 0 spiro atoms. The lowest BCUT2D eigenvalue weighted by Gasteiger charge is -2.18. The summed E-state index contributed by atoms with van der Waals surface area (Å²) in [5.74, 6) is 0.274. The van der Waals surface area contributed by atoms with E-state index in [1.807, 2.05) is 23.5 Å². The normalized spacial score (nSPS) is 14.7. The Balaban J connectivity index is 1.03. The number of thiophene rings is 1. The summed E-state index contributed by atoms with van der Waals surface area (Å²) < 4.78 is 15.7. The van der Waals surface area contributed by atoms with Gasteiger partial charge >= 0.3 is 0 Å². The maximum Gasteiger partial charge on any atom is 0.143 e. The molecule has 1 atom stereocenters. The molecule has 10 aromatic rings. The first kappa shape index (κ1) is 26.4. The molecule has 0 unspecified atom stereocenters. The van der Waals surface area contributed by atoms with E-state index >= 15 is 0 Å². The quantitative estimate of drug-likeness (QED) is 0.190. The van der Waals surface area contributed by atoms with Gasteiger partial charge in [-0.25, -0.2) is 0 Å². The van der Waals surface area contributed by atoms with Gasteiger partial charge in [-0.3, -0.25) is 0 Å². The van der Waals surface area contributed by atoms with Gasteiger partial charge in [-0.05, 0) is 88.7 Å². The van der Waals surface area contributed by atoms with E-state index in [1.165, 1.54) is 48.0 Å². The van der Waals surface area contributed by atoms with Crippen LogP contribution < -0.4 is 0 Å². The third-order valence-electron chi connectivity index (χ3n) is 10.5. The monoisotopic (exact) mass is 632 g/mol. The fraction of sp³-hybridized carbons (Fsp3) is 0.0667. The van der Waals surface area contributed by atoms with E-state index in [2.05, 4.69) is 127 Å². The van der Waals surface area contributed by atoms with Gasteiger partial charge in [0.15, 0.2) is 0 Å². The van der Waals surface area contributed by atoms with Gasteiger partial charge in [-0.15, -0.1) is 11.3 Å². The number of rotatable bonds is 2. The summed E-state index contributed by atoms with van der Waals surface area (Å²) in [4.78, 5) is 0. The molecule has 1 aliphatic carbocycles. The van der Waals surface area contributed by atoms with Crippen LogP contribution in [-0.2, 0) is 6.42 Å². The largest absolute Gasteiger partial charge is 0.456 e. The smallest absolute Gasteiger partial charge is 0.143 e. The molecule has 0 amide bonds. The summed E-state index contributed by atoms with van der Waals surface area (Å²) in [5, 5.41) is 7.28. The van der Waals surface area contributed by atoms with Gasteiger partial charge < -0.3 is 8.83 Å². The summed E-state index contributed by atoms with van der Waals surface area (Å²) in [6.07, 6.45) is 2.08. The van der Waals surface area contributed by atoms with E-state index in [0.29, 0.717) is 0 Å². The molecule has 7 aromatic carbocycles. The predicted molar refractivity (Wildman–Crippen MR) is 201 cm³/mol. The van der Waals surface area contributed by atoms with Crippen LogP contribution in [0, 0.1) is 0 Å². The van der Waals surface area contributed by atoms with Gasteiger partial charge in [0.1, 0.15) is 22.3 Å². The zero-order valence-corrected chi connectivity index (χ0v) is 26.8. The average Bonchev–Trinajstić information content (AvgIpc) is 3.78. The summed E-state index contributed by atoms with van der Waals surface area (Å²) in [6, 6.07) is 50.8. The van der Waals surface area contributed by atoms with Crippen LogP contribution >= 0.6 is 11.3 Å². The number of furan rings is 2. The van der Waals surface area contributed by atoms with Gasteiger partial charge in [0.05, 0.1) is 0 Å². The molecule has 48 heavy (non-hydrogen) atoms. The SMILES string of the molecule is c1ccc2c(c1)-c1cc3c(cc1CC[C@H]2c1ccc2c(c1)oc1c(-c4ccc5c(c4)oc4ccccc45)cccc12)sc1ccccc13. The second-order valence-corrected chi connectivity index (χ2v) is 14.2. The van der Waals surface area contributed by atoms with Crippen molar-refractivity contribution in [3.8, 4) is 22.3 Å². The van der Waals surface area contributed by atoms with Crippen molar-refractivity contribution in [1.29, 1.82) is 0 Å². The minimum absolute atomic E-state index is 0.274. The van der Waals surface area contributed by atoms with Gasteiger partial charge in [-0.1, -0.05) is 97.1 Å². The lowest BCUT2D eigenvalue weighted by molar-refractivity contribution is 0.665. The van der Waals surface area contributed by atoms with Crippen molar-refractivity contribution in [2.24, 2.45) is 0 Å². The Morgan fingerprint density at radius 1 is 0.479 bits per heavy atom. The molecule has 3 heteroatoms. The lowest BCUT2D eigenvalue weighted by atomic mass is 9.85.